The van der Waals surface area contributed by atoms with Crippen molar-refractivity contribution in [1.82, 2.24) is 0 Å². The highest BCUT2D eigenvalue weighted by Gasteiger charge is 2.27. The third kappa shape index (κ3) is 5.11. The van der Waals surface area contributed by atoms with Crippen molar-refractivity contribution < 1.29 is 17.9 Å². The number of aryl methyl sites for hydroxylation is 1. The van der Waals surface area contributed by atoms with E-state index in [1.165, 1.54) is 31.4 Å². The molecular formula is C22H21ClN2O4S. The van der Waals surface area contributed by atoms with E-state index in [4.69, 9.17) is 16.3 Å². The number of ether oxygens (including phenoxy) is 1. The van der Waals surface area contributed by atoms with Crippen LogP contribution in [0.5, 0.6) is 5.75 Å². The average Bonchev–Trinajstić information content (AvgIpc) is 2.73. The normalized spacial score (nSPS) is 11.0. The van der Waals surface area contributed by atoms with E-state index in [0.717, 1.165) is 9.87 Å². The Hall–Kier alpha value is -3.03. The molecule has 0 saturated carbocycles. The molecule has 30 heavy (non-hydrogen) atoms. The second-order valence-corrected chi connectivity index (χ2v) is 8.88. The van der Waals surface area contributed by atoms with Gasteiger partial charge in [-0.2, -0.15) is 0 Å². The number of methoxy groups -OCH3 is 1. The topological polar surface area (TPSA) is 75.7 Å². The smallest absolute Gasteiger partial charge is 0.264 e. The molecular weight excluding hydrogens is 424 g/mol. The van der Waals surface area contributed by atoms with E-state index in [1.54, 1.807) is 48.5 Å². The van der Waals surface area contributed by atoms with E-state index >= 15 is 0 Å². The number of nitrogens with zero attached hydrogens (tertiary/aromatic N) is 1. The first kappa shape index (κ1) is 21.7. The van der Waals surface area contributed by atoms with Crippen molar-refractivity contribution in [3.05, 3.63) is 83.4 Å². The van der Waals surface area contributed by atoms with Gasteiger partial charge >= 0.3 is 0 Å². The molecule has 0 saturated heterocycles. The van der Waals surface area contributed by atoms with Crippen molar-refractivity contribution in [2.24, 2.45) is 0 Å². The van der Waals surface area contributed by atoms with Gasteiger partial charge in [0.05, 0.1) is 17.7 Å². The maximum Gasteiger partial charge on any atom is 0.264 e. The van der Waals surface area contributed by atoms with Crippen molar-refractivity contribution in [3.63, 3.8) is 0 Å². The van der Waals surface area contributed by atoms with Gasteiger partial charge in [-0.3, -0.25) is 9.10 Å². The second-order valence-electron chi connectivity index (χ2n) is 6.58. The zero-order chi connectivity index (χ0) is 21.7. The molecule has 1 N–H and O–H groups in total. The molecule has 0 radical (unpaired) electrons. The second kappa shape index (κ2) is 9.19. The molecule has 1 amide bonds. The number of hydrogen-bond donors (Lipinski definition) is 1. The van der Waals surface area contributed by atoms with Gasteiger partial charge in [0.2, 0.25) is 5.91 Å². The number of hydrogen-bond acceptors (Lipinski definition) is 4. The number of benzene rings is 3. The number of amides is 1. The Labute approximate surface area is 181 Å². The fraction of sp³-hybridized carbons (Fsp3) is 0.136. The number of halogens is 1. The molecule has 0 fully saturated rings. The predicted octanol–water partition coefficient (Wildman–Crippen LogP) is 4.49. The summed E-state index contributed by atoms with van der Waals surface area (Å²) in [4.78, 5) is 12.8. The number of carbonyl (C=O) groups excluding carboxylic acids is 1. The third-order valence-electron chi connectivity index (χ3n) is 4.36. The summed E-state index contributed by atoms with van der Waals surface area (Å²) < 4.78 is 32.8. The molecule has 0 aliphatic heterocycles. The van der Waals surface area contributed by atoms with Crippen LogP contribution in [0.15, 0.2) is 77.7 Å². The van der Waals surface area contributed by atoms with Crippen LogP contribution in [0, 0.1) is 6.92 Å². The van der Waals surface area contributed by atoms with E-state index in [-0.39, 0.29) is 4.90 Å². The Morgan fingerprint density at radius 2 is 1.70 bits per heavy atom. The van der Waals surface area contributed by atoms with Crippen LogP contribution >= 0.6 is 11.6 Å². The molecule has 3 aromatic rings. The highest BCUT2D eigenvalue weighted by atomic mass is 35.5. The number of carbonyl (C=O) groups is 1. The lowest BCUT2D eigenvalue weighted by Gasteiger charge is -2.24. The van der Waals surface area contributed by atoms with Crippen LogP contribution in [0.3, 0.4) is 0 Å². The predicted molar refractivity (Wildman–Crippen MR) is 119 cm³/mol. The van der Waals surface area contributed by atoms with Gasteiger partial charge in [0.25, 0.3) is 10.0 Å². The SMILES string of the molecule is COc1cccc(NC(=O)CN(c2ccc(C)cc2)S(=O)(=O)c2ccc(Cl)cc2)c1. The first-order valence-corrected chi connectivity index (χ1v) is 10.9. The maximum absolute atomic E-state index is 13.3. The summed E-state index contributed by atoms with van der Waals surface area (Å²) in [5.74, 6) is 0.0957. The van der Waals surface area contributed by atoms with Gasteiger partial charge in [-0.15, -0.1) is 0 Å². The molecule has 3 aromatic carbocycles. The van der Waals surface area contributed by atoms with E-state index < -0.39 is 22.5 Å². The summed E-state index contributed by atoms with van der Waals surface area (Å²) in [6.45, 7) is 1.50. The lowest BCUT2D eigenvalue weighted by atomic mass is 10.2. The summed E-state index contributed by atoms with van der Waals surface area (Å²) in [5, 5.41) is 3.14. The van der Waals surface area contributed by atoms with Crippen LogP contribution in [-0.2, 0) is 14.8 Å². The highest BCUT2D eigenvalue weighted by molar-refractivity contribution is 7.92. The molecule has 0 bridgehead atoms. The first-order chi connectivity index (χ1) is 14.3. The van der Waals surface area contributed by atoms with Crippen molar-refractivity contribution >= 4 is 38.9 Å². The maximum atomic E-state index is 13.3. The summed E-state index contributed by atoms with van der Waals surface area (Å²) in [6.07, 6.45) is 0. The summed E-state index contributed by atoms with van der Waals surface area (Å²) >= 11 is 5.89. The molecule has 0 heterocycles. The standard InChI is InChI=1S/C22H21ClN2O4S/c1-16-6-10-19(11-7-16)25(30(27,28)21-12-8-17(23)9-13-21)15-22(26)24-18-4-3-5-20(14-18)29-2/h3-14H,15H2,1-2H3,(H,24,26). The first-order valence-electron chi connectivity index (χ1n) is 9.08. The van der Waals surface area contributed by atoms with E-state index in [2.05, 4.69) is 5.32 Å². The minimum atomic E-state index is -3.99. The van der Waals surface area contributed by atoms with Crippen LogP contribution in [-0.4, -0.2) is 28.0 Å². The Morgan fingerprint density at radius 1 is 1.03 bits per heavy atom. The minimum Gasteiger partial charge on any atom is -0.497 e. The van der Waals surface area contributed by atoms with Crippen LogP contribution < -0.4 is 14.4 Å². The molecule has 0 aromatic heterocycles. The fourth-order valence-corrected chi connectivity index (χ4v) is 4.34. The van der Waals surface area contributed by atoms with Gasteiger partial charge < -0.3 is 10.1 Å². The van der Waals surface area contributed by atoms with E-state index in [0.29, 0.717) is 22.1 Å². The molecule has 3 rings (SSSR count). The van der Waals surface area contributed by atoms with Gasteiger partial charge in [0.15, 0.2) is 0 Å². The zero-order valence-corrected chi connectivity index (χ0v) is 18.1. The molecule has 0 aliphatic rings. The summed E-state index contributed by atoms with van der Waals surface area (Å²) in [7, 11) is -2.47. The molecule has 6 nitrogen and oxygen atoms in total. The van der Waals surface area contributed by atoms with Crippen molar-refractivity contribution in [2.75, 3.05) is 23.3 Å². The Bertz CT molecular complexity index is 1130. The lowest BCUT2D eigenvalue weighted by Crippen LogP contribution is -2.38. The van der Waals surface area contributed by atoms with Crippen LogP contribution in [0.25, 0.3) is 0 Å². The average molecular weight is 445 g/mol. The number of rotatable bonds is 7. The summed E-state index contributed by atoms with van der Waals surface area (Å²) in [6, 6.07) is 19.6. The quantitative estimate of drug-likeness (QED) is 0.582. The molecule has 0 atom stereocenters. The van der Waals surface area contributed by atoms with Crippen molar-refractivity contribution in [3.8, 4) is 5.75 Å². The molecule has 0 spiro atoms. The van der Waals surface area contributed by atoms with Gasteiger partial charge in [-0.05, 0) is 55.5 Å². The summed E-state index contributed by atoms with van der Waals surface area (Å²) in [5.41, 5.74) is 1.87. The van der Waals surface area contributed by atoms with Crippen molar-refractivity contribution in [2.45, 2.75) is 11.8 Å². The molecule has 0 aliphatic carbocycles. The number of nitrogens with one attached hydrogen (secondary N) is 1. The molecule has 0 unspecified atom stereocenters. The Morgan fingerprint density at radius 3 is 2.33 bits per heavy atom. The fourth-order valence-electron chi connectivity index (χ4n) is 2.79. The zero-order valence-electron chi connectivity index (χ0n) is 16.5. The van der Waals surface area contributed by atoms with Gasteiger partial charge in [-0.1, -0.05) is 35.4 Å². The van der Waals surface area contributed by atoms with Crippen molar-refractivity contribution in [1.29, 1.82) is 0 Å². The lowest BCUT2D eigenvalue weighted by molar-refractivity contribution is -0.114. The van der Waals surface area contributed by atoms with Gasteiger partial charge in [0, 0.05) is 16.8 Å². The largest absolute Gasteiger partial charge is 0.497 e. The molecule has 156 valence electrons. The van der Waals surface area contributed by atoms with Crippen LogP contribution in [0.1, 0.15) is 5.56 Å². The third-order valence-corrected chi connectivity index (χ3v) is 6.40. The number of anilines is 2. The minimum absolute atomic E-state index is 0.0432. The highest BCUT2D eigenvalue weighted by Crippen LogP contribution is 2.25. The van der Waals surface area contributed by atoms with Gasteiger partial charge in [0.1, 0.15) is 12.3 Å². The van der Waals surface area contributed by atoms with Crippen LogP contribution in [0.2, 0.25) is 5.02 Å². The molecule has 8 heteroatoms. The van der Waals surface area contributed by atoms with E-state index in [9.17, 15) is 13.2 Å². The number of sulfonamides is 1. The van der Waals surface area contributed by atoms with E-state index in [1.807, 2.05) is 6.92 Å². The Balaban J connectivity index is 1.92. The van der Waals surface area contributed by atoms with Gasteiger partial charge in [-0.25, -0.2) is 8.42 Å². The Kier molecular flexibility index (Phi) is 6.64. The van der Waals surface area contributed by atoms with Crippen LogP contribution in [0.4, 0.5) is 11.4 Å². The monoisotopic (exact) mass is 444 g/mol.